The third-order valence-electron chi connectivity index (χ3n) is 3.18. The predicted molar refractivity (Wildman–Crippen MR) is 75.4 cm³/mol. The number of ether oxygens (including phenoxy) is 1. The van der Waals surface area contributed by atoms with E-state index in [0.29, 0.717) is 13.2 Å². The van der Waals surface area contributed by atoms with Crippen LogP contribution in [0.5, 0.6) is 0 Å². The third kappa shape index (κ3) is 2.57. The Labute approximate surface area is 109 Å². The van der Waals surface area contributed by atoms with Crippen molar-refractivity contribution in [2.24, 2.45) is 5.73 Å². The van der Waals surface area contributed by atoms with Crippen LogP contribution in [0, 0.1) is 0 Å². The molecular weight excluding hydrogens is 224 g/mol. The Balaban J connectivity index is 2.42. The highest BCUT2D eigenvalue weighted by Gasteiger charge is 2.09. The second-order valence-corrected chi connectivity index (χ2v) is 4.86. The van der Waals surface area contributed by atoms with Crippen LogP contribution in [0.15, 0.2) is 24.4 Å². The SMILES string of the molecule is CCn1cc(COC(C)C)c2ccc(CN)cc21. The minimum Gasteiger partial charge on any atom is -0.374 e. The van der Waals surface area contributed by atoms with Gasteiger partial charge in [0.1, 0.15) is 0 Å². The predicted octanol–water partition coefficient (Wildman–Crippen LogP) is 3.04. The van der Waals surface area contributed by atoms with Crippen LogP contribution >= 0.6 is 0 Å². The molecule has 1 heterocycles. The molecule has 0 aliphatic heterocycles. The molecular formula is C15H22N2O. The van der Waals surface area contributed by atoms with Gasteiger partial charge in [-0.3, -0.25) is 0 Å². The summed E-state index contributed by atoms with van der Waals surface area (Å²) in [4.78, 5) is 0. The van der Waals surface area contributed by atoms with Crippen molar-refractivity contribution in [1.29, 1.82) is 0 Å². The van der Waals surface area contributed by atoms with E-state index in [4.69, 9.17) is 10.5 Å². The van der Waals surface area contributed by atoms with Crippen LogP contribution < -0.4 is 5.73 Å². The summed E-state index contributed by atoms with van der Waals surface area (Å²) in [5.41, 5.74) is 9.38. The lowest BCUT2D eigenvalue weighted by Gasteiger charge is -2.06. The summed E-state index contributed by atoms with van der Waals surface area (Å²) in [6, 6.07) is 6.43. The number of nitrogens with two attached hydrogens (primary N) is 1. The lowest BCUT2D eigenvalue weighted by molar-refractivity contribution is 0.0663. The van der Waals surface area contributed by atoms with Crippen molar-refractivity contribution >= 4 is 10.9 Å². The van der Waals surface area contributed by atoms with E-state index in [-0.39, 0.29) is 6.10 Å². The molecule has 0 saturated carbocycles. The van der Waals surface area contributed by atoms with E-state index in [1.807, 2.05) is 0 Å². The van der Waals surface area contributed by atoms with Gasteiger partial charge in [-0.15, -0.1) is 0 Å². The highest BCUT2D eigenvalue weighted by molar-refractivity contribution is 5.84. The Morgan fingerprint density at radius 1 is 1.33 bits per heavy atom. The fourth-order valence-corrected chi connectivity index (χ4v) is 2.17. The van der Waals surface area contributed by atoms with Crippen molar-refractivity contribution in [2.75, 3.05) is 0 Å². The summed E-state index contributed by atoms with van der Waals surface area (Å²) in [6.07, 6.45) is 2.45. The number of rotatable bonds is 5. The first kappa shape index (κ1) is 13.1. The van der Waals surface area contributed by atoms with E-state index in [1.54, 1.807) is 0 Å². The van der Waals surface area contributed by atoms with Crippen LogP contribution in [0.25, 0.3) is 10.9 Å². The van der Waals surface area contributed by atoms with Crippen LogP contribution in [0.4, 0.5) is 0 Å². The molecule has 0 amide bonds. The average Bonchev–Trinajstić information content (AvgIpc) is 2.73. The van der Waals surface area contributed by atoms with Gasteiger partial charge in [0.25, 0.3) is 0 Å². The molecule has 1 aromatic carbocycles. The maximum atomic E-state index is 5.71. The molecule has 2 aromatic rings. The fourth-order valence-electron chi connectivity index (χ4n) is 2.17. The standard InChI is InChI=1S/C15H22N2O/c1-4-17-9-13(10-18-11(2)3)14-6-5-12(8-16)7-15(14)17/h5-7,9,11H,4,8,10,16H2,1-3H3. The molecule has 2 N–H and O–H groups in total. The van der Waals surface area contributed by atoms with E-state index in [0.717, 1.165) is 6.54 Å². The van der Waals surface area contributed by atoms with Gasteiger partial charge in [-0.05, 0) is 32.4 Å². The number of hydrogen-bond acceptors (Lipinski definition) is 2. The fraction of sp³-hybridized carbons (Fsp3) is 0.467. The van der Waals surface area contributed by atoms with E-state index < -0.39 is 0 Å². The van der Waals surface area contributed by atoms with E-state index in [2.05, 4.69) is 49.7 Å². The number of benzene rings is 1. The lowest BCUT2D eigenvalue weighted by atomic mass is 10.1. The van der Waals surface area contributed by atoms with Crippen molar-refractivity contribution in [2.45, 2.75) is 46.6 Å². The van der Waals surface area contributed by atoms with E-state index in [1.165, 1.54) is 22.0 Å². The van der Waals surface area contributed by atoms with Crippen LogP contribution in [0.1, 0.15) is 31.9 Å². The van der Waals surface area contributed by atoms with Gasteiger partial charge in [0.05, 0.1) is 12.7 Å². The Bertz CT molecular complexity index is 529. The first-order valence-corrected chi connectivity index (χ1v) is 6.58. The molecule has 18 heavy (non-hydrogen) atoms. The summed E-state index contributed by atoms with van der Waals surface area (Å²) in [6.45, 7) is 8.50. The quantitative estimate of drug-likeness (QED) is 0.880. The molecule has 0 spiro atoms. The summed E-state index contributed by atoms with van der Waals surface area (Å²) in [7, 11) is 0. The smallest absolute Gasteiger partial charge is 0.0741 e. The number of aryl methyl sites for hydroxylation is 1. The molecule has 0 saturated heterocycles. The minimum atomic E-state index is 0.258. The lowest BCUT2D eigenvalue weighted by Crippen LogP contribution is -2.01. The highest BCUT2D eigenvalue weighted by Crippen LogP contribution is 2.24. The average molecular weight is 246 g/mol. The van der Waals surface area contributed by atoms with Gasteiger partial charge in [-0.2, -0.15) is 0 Å². The number of fused-ring (bicyclic) bond motifs is 1. The van der Waals surface area contributed by atoms with Gasteiger partial charge in [0.2, 0.25) is 0 Å². The Morgan fingerprint density at radius 3 is 2.72 bits per heavy atom. The Hall–Kier alpha value is -1.32. The van der Waals surface area contributed by atoms with Crippen LogP contribution in [-0.2, 0) is 24.4 Å². The summed E-state index contributed by atoms with van der Waals surface area (Å²) in [5, 5.41) is 1.27. The first-order valence-electron chi connectivity index (χ1n) is 6.58. The first-order chi connectivity index (χ1) is 8.65. The summed E-state index contributed by atoms with van der Waals surface area (Å²) >= 11 is 0. The Morgan fingerprint density at radius 2 is 2.11 bits per heavy atom. The van der Waals surface area contributed by atoms with Crippen molar-refractivity contribution in [3.8, 4) is 0 Å². The van der Waals surface area contributed by atoms with Gasteiger partial charge >= 0.3 is 0 Å². The number of hydrogen-bond donors (Lipinski definition) is 1. The van der Waals surface area contributed by atoms with Crippen LogP contribution in [0.3, 0.4) is 0 Å². The van der Waals surface area contributed by atoms with Crippen molar-refractivity contribution in [3.05, 3.63) is 35.5 Å². The maximum absolute atomic E-state index is 5.71. The molecule has 2 rings (SSSR count). The molecule has 3 heteroatoms. The molecule has 98 valence electrons. The second kappa shape index (κ2) is 5.55. The highest BCUT2D eigenvalue weighted by atomic mass is 16.5. The topological polar surface area (TPSA) is 40.2 Å². The van der Waals surface area contributed by atoms with Gasteiger partial charge in [-0.1, -0.05) is 12.1 Å². The zero-order valence-electron chi connectivity index (χ0n) is 11.4. The largest absolute Gasteiger partial charge is 0.374 e. The van der Waals surface area contributed by atoms with Crippen molar-refractivity contribution in [1.82, 2.24) is 4.57 Å². The van der Waals surface area contributed by atoms with Crippen molar-refractivity contribution in [3.63, 3.8) is 0 Å². The monoisotopic (exact) mass is 246 g/mol. The van der Waals surface area contributed by atoms with Crippen LogP contribution in [-0.4, -0.2) is 10.7 Å². The minimum absolute atomic E-state index is 0.258. The molecule has 0 aliphatic rings. The summed E-state index contributed by atoms with van der Waals surface area (Å²) in [5.74, 6) is 0. The molecule has 0 atom stereocenters. The number of aromatic nitrogens is 1. The zero-order chi connectivity index (χ0) is 13.1. The van der Waals surface area contributed by atoms with Crippen LogP contribution in [0.2, 0.25) is 0 Å². The molecule has 0 aliphatic carbocycles. The Kier molecular flexibility index (Phi) is 4.04. The molecule has 1 aromatic heterocycles. The van der Waals surface area contributed by atoms with E-state index >= 15 is 0 Å². The molecule has 3 nitrogen and oxygen atoms in total. The van der Waals surface area contributed by atoms with Crippen molar-refractivity contribution < 1.29 is 4.74 Å². The number of nitrogens with zero attached hydrogens (tertiary/aromatic N) is 1. The van der Waals surface area contributed by atoms with Gasteiger partial charge < -0.3 is 15.0 Å². The molecule has 0 fully saturated rings. The molecule has 0 unspecified atom stereocenters. The van der Waals surface area contributed by atoms with E-state index in [9.17, 15) is 0 Å². The maximum Gasteiger partial charge on any atom is 0.0741 e. The zero-order valence-corrected chi connectivity index (χ0v) is 11.4. The molecule has 0 radical (unpaired) electrons. The normalized spacial score (nSPS) is 11.6. The van der Waals surface area contributed by atoms with Gasteiger partial charge in [0, 0.05) is 35.8 Å². The third-order valence-corrected chi connectivity index (χ3v) is 3.18. The second-order valence-electron chi connectivity index (χ2n) is 4.86. The van der Waals surface area contributed by atoms with Gasteiger partial charge in [0.15, 0.2) is 0 Å². The summed E-state index contributed by atoms with van der Waals surface area (Å²) < 4.78 is 7.97. The molecule has 0 bridgehead atoms. The van der Waals surface area contributed by atoms with Gasteiger partial charge in [-0.25, -0.2) is 0 Å².